The van der Waals surface area contributed by atoms with Gasteiger partial charge in [0.2, 0.25) is 5.69 Å². The Bertz CT molecular complexity index is 1130. The zero-order chi connectivity index (χ0) is 22.7. The number of nitrogens with zero attached hydrogens (tertiary/aromatic N) is 6. The van der Waals surface area contributed by atoms with Gasteiger partial charge in [-0.15, -0.1) is 10.2 Å². The molecule has 1 aromatic carbocycles. The third kappa shape index (κ3) is 3.90. The van der Waals surface area contributed by atoms with E-state index in [2.05, 4.69) is 15.1 Å². The molecule has 0 fully saturated rings. The van der Waals surface area contributed by atoms with Crippen molar-refractivity contribution in [3.63, 3.8) is 0 Å². The summed E-state index contributed by atoms with van der Waals surface area (Å²) in [4.78, 5) is 16.3. The van der Waals surface area contributed by atoms with Crippen LogP contribution in [0.2, 0.25) is 0 Å². The standard InChI is InChI=1S/C22H26N6O3/c1-6-7-13-27-20(29)17(23-4)14(2)18(21(27)30)24-25-19-15(3)26(5)28(22(19)31)16-11-9-8-10-12-16/h8-12,22,29,31H,6-7,13H2,1-3,5H3. The largest absolute Gasteiger partial charge is 0.503 e. The molecule has 1 aliphatic rings. The van der Waals surface area contributed by atoms with E-state index in [1.54, 1.807) is 30.9 Å². The van der Waals surface area contributed by atoms with Crippen LogP contribution in [0.3, 0.4) is 0 Å². The van der Waals surface area contributed by atoms with Crippen molar-refractivity contribution in [3.8, 4) is 5.88 Å². The van der Waals surface area contributed by atoms with Gasteiger partial charge >= 0.3 is 0 Å². The fourth-order valence-electron chi connectivity index (χ4n) is 3.48. The Morgan fingerprint density at radius 3 is 2.48 bits per heavy atom. The third-order valence-electron chi connectivity index (χ3n) is 5.41. The number of aliphatic hydroxyl groups excluding tert-OH is 1. The first-order valence-electron chi connectivity index (χ1n) is 10.1. The summed E-state index contributed by atoms with van der Waals surface area (Å²) >= 11 is 0. The first-order valence-corrected chi connectivity index (χ1v) is 10.1. The fraction of sp³-hybridized carbons (Fsp3) is 0.364. The zero-order valence-corrected chi connectivity index (χ0v) is 18.1. The Kier molecular flexibility index (Phi) is 6.42. The molecule has 9 nitrogen and oxygen atoms in total. The van der Waals surface area contributed by atoms with Crippen molar-refractivity contribution < 1.29 is 10.2 Å². The molecule has 0 saturated heterocycles. The van der Waals surface area contributed by atoms with Crippen molar-refractivity contribution in [2.45, 2.75) is 46.4 Å². The third-order valence-corrected chi connectivity index (χ3v) is 5.41. The molecule has 0 spiro atoms. The van der Waals surface area contributed by atoms with E-state index >= 15 is 0 Å². The second-order valence-corrected chi connectivity index (χ2v) is 7.32. The Labute approximate surface area is 181 Å². The van der Waals surface area contributed by atoms with Crippen LogP contribution in [0, 0.1) is 13.5 Å². The maximum absolute atomic E-state index is 12.9. The van der Waals surface area contributed by atoms with E-state index < -0.39 is 11.8 Å². The predicted molar refractivity (Wildman–Crippen MR) is 118 cm³/mol. The number of aliphatic hydroxyl groups is 1. The van der Waals surface area contributed by atoms with Gasteiger partial charge in [-0.3, -0.25) is 19.4 Å². The van der Waals surface area contributed by atoms with Gasteiger partial charge in [-0.25, -0.2) is 4.85 Å². The molecular formula is C22H26N6O3. The minimum absolute atomic E-state index is 0.0202. The number of pyridine rings is 1. The molecule has 1 unspecified atom stereocenters. The van der Waals surface area contributed by atoms with Gasteiger partial charge in [-0.1, -0.05) is 31.5 Å². The summed E-state index contributed by atoms with van der Waals surface area (Å²) in [6, 6.07) is 9.36. The summed E-state index contributed by atoms with van der Waals surface area (Å²) in [5, 5.41) is 33.0. The molecule has 162 valence electrons. The van der Waals surface area contributed by atoms with Gasteiger partial charge in [0.05, 0.1) is 18.0 Å². The minimum atomic E-state index is -1.09. The zero-order valence-electron chi connectivity index (χ0n) is 18.1. The van der Waals surface area contributed by atoms with Crippen LogP contribution in [0.5, 0.6) is 5.88 Å². The van der Waals surface area contributed by atoms with Crippen molar-refractivity contribution >= 4 is 17.1 Å². The van der Waals surface area contributed by atoms with Crippen LogP contribution in [0.15, 0.2) is 56.7 Å². The van der Waals surface area contributed by atoms with Crippen molar-refractivity contribution in [1.29, 1.82) is 0 Å². The number of anilines is 1. The lowest BCUT2D eigenvalue weighted by Gasteiger charge is -2.31. The summed E-state index contributed by atoms with van der Waals surface area (Å²) in [6.45, 7) is 13.0. The normalized spacial score (nSPS) is 16.5. The van der Waals surface area contributed by atoms with E-state index in [0.29, 0.717) is 17.8 Å². The Morgan fingerprint density at radius 1 is 1.19 bits per heavy atom. The molecule has 2 heterocycles. The summed E-state index contributed by atoms with van der Waals surface area (Å²) < 4.78 is 1.16. The molecule has 31 heavy (non-hydrogen) atoms. The number of benzene rings is 1. The number of aromatic hydroxyl groups is 1. The van der Waals surface area contributed by atoms with E-state index in [9.17, 15) is 15.0 Å². The van der Waals surface area contributed by atoms with Crippen LogP contribution >= 0.6 is 0 Å². The van der Waals surface area contributed by atoms with Gasteiger partial charge < -0.3 is 10.2 Å². The van der Waals surface area contributed by atoms with Crippen LogP contribution in [-0.2, 0) is 6.54 Å². The van der Waals surface area contributed by atoms with E-state index in [0.717, 1.165) is 16.7 Å². The summed E-state index contributed by atoms with van der Waals surface area (Å²) in [6.07, 6.45) is 0.407. The molecule has 2 aromatic rings. The van der Waals surface area contributed by atoms with Gasteiger partial charge in [0.15, 0.2) is 12.1 Å². The monoisotopic (exact) mass is 422 g/mol. The average molecular weight is 422 g/mol. The van der Waals surface area contributed by atoms with Crippen LogP contribution in [0.1, 0.15) is 32.3 Å². The molecule has 3 rings (SSSR count). The second-order valence-electron chi connectivity index (χ2n) is 7.32. The molecule has 0 amide bonds. The van der Waals surface area contributed by atoms with E-state index in [4.69, 9.17) is 6.57 Å². The SMILES string of the molecule is [C-]#[N+]c1c(C)c(N=NC2=C(C)N(C)N(c3ccccc3)C2O)c(=O)n(CCCC)c1O. The topological polar surface area (TPSA) is 98.0 Å². The number of hydrazine groups is 1. The van der Waals surface area contributed by atoms with Gasteiger partial charge in [-0.2, -0.15) is 0 Å². The highest BCUT2D eigenvalue weighted by atomic mass is 16.3. The number of aromatic nitrogens is 1. The van der Waals surface area contributed by atoms with Crippen molar-refractivity contribution in [3.05, 3.63) is 69.1 Å². The number of azo groups is 1. The predicted octanol–water partition coefficient (Wildman–Crippen LogP) is 4.21. The minimum Gasteiger partial charge on any atom is -0.503 e. The highest BCUT2D eigenvalue weighted by Gasteiger charge is 2.34. The number of rotatable bonds is 6. The molecule has 0 aliphatic carbocycles. The number of para-hydroxylation sites is 1. The van der Waals surface area contributed by atoms with E-state index in [1.165, 1.54) is 0 Å². The van der Waals surface area contributed by atoms with Crippen LogP contribution in [0.25, 0.3) is 4.85 Å². The number of hydrogen-bond acceptors (Lipinski definition) is 7. The van der Waals surface area contributed by atoms with Gasteiger partial charge in [0.1, 0.15) is 11.4 Å². The molecule has 0 saturated carbocycles. The highest BCUT2D eigenvalue weighted by molar-refractivity contribution is 5.67. The molecule has 2 N–H and O–H groups in total. The Morgan fingerprint density at radius 2 is 1.87 bits per heavy atom. The lowest BCUT2D eigenvalue weighted by molar-refractivity contribution is 0.172. The van der Waals surface area contributed by atoms with Gasteiger partial charge in [-0.05, 0) is 38.0 Å². The average Bonchev–Trinajstić information content (AvgIpc) is 2.97. The Balaban J connectivity index is 2.03. The van der Waals surface area contributed by atoms with Gasteiger partial charge in [0, 0.05) is 13.6 Å². The maximum atomic E-state index is 12.9. The van der Waals surface area contributed by atoms with Crippen LogP contribution < -0.4 is 10.6 Å². The van der Waals surface area contributed by atoms with E-state index in [-0.39, 0.29) is 29.4 Å². The van der Waals surface area contributed by atoms with Gasteiger partial charge in [0.25, 0.3) is 5.56 Å². The van der Waals surface area contributed by atoms with Crippen molar-refractivity contribution in [2.75, 3.05) is 12.1 Å². The number of hydrogen-bond donors (Lipinski definition) is 2. The number of allylic oxidation sites excluding steroid dienone is 1. The molecule has 0 bridgehead atoms. The quantitative estimate of drug-likeness (QED) is 0.537. The molecule has 1 aromatic heterocycles. The first-order chi connectivity index (χ1) is 14.8. The first kappa shape index (κ1) is 22.1. The fourth-order valence-corrected chi connectivity index (χ4v) is 3.48. The molecule has 9 heteroatoms. The second kappa shape index (κ2) is 9.02. The maximum Gasteiger partial charge on any atom is 0.279 e. The van der Waals surface area contributed by atoms with Crippen molar-refractivity contribution in [1.82, 2.24) is 9.58 Å². The Hall–Kier alpha value is -3.64. The smallest absolute Gasteiger partial charge is 0.279 e. The molecular weight excluding hydrogens is 396 g/mol. The number of unbranched alkanes of at least 4 members (excludes halogenated alkanes) is 1. The molecule has 1 atom stereocenters. The molecule has 1 aliphatic heterocycles. The molecule has 0 radical (unpaired) electrons. The lowest BCUT2D eigenvalue weighted by atomic mass is 10.2. The summed E-state index contributed by atoms with van der Waals surface area (Å²) in [5.41, 5.74) is 1.45. The van der Waals surface area contributed by atoms with Crippen LogP contribution in [-0.4, -0.2) is 33.1 Å². The summed E-state index contributed by atoms with van der Waals surface area (Å²) in [5.74, 6) is -0.351. The van der Waals surface area contributed by atoms with Crippen LogP contribution in [0.4, 0.5) is 17.1 Å². The highest BCUT2D eigenvalue weighted by Crippen LogP contribution is 2.36. The lowest BCUT2D eigenvalue weighted by Crippen LogP contribution is -2.40. The van der Waals surface area contributed by atoms with E-state index in [1.807, 2.05) is 37.3 Å². The van der Waals surface area contributed by atoms with Crippen molar-refractivity contribution in [2.24, 2.45) is 10.2 Å². The summed E-state index contributed by atoms with van der Waals surface area (Å²) in [7, 11) is 1.80.